The minimum absolute atomic E-state index is 0.160. The van der Waals surface area contributed by atoms with Crippen molar-refractivity contribution >= 4 is 11.7 Å². The van der Waals surface area contributed by atoms with Crippen LogP contribution in [0.5, 0.6) is 0 Å². The molecule has 0 saturated heterocycles. The van der Waals surface area contributed by atoms with Gasteiger partial charge < -0.3 is 10.6 Å². The summed E-state index contributed by atoms with van der Waals surface area (Å²) in [5.41, 5.74) is -0.160. The van der Waals surface area contributed by atoms with E-state index in [1.165, 1.54) is 6.20 Å². The Bertz CT molecular complexity index is 394. The Kier molecular flexibility index (Phi) is 4.24. The van der Waals surface area contributed by atoms with Gasteiger partial charge in [-0.15, -0.1) is 0 Å². The lowest BCUT2D eigenvalue weighted by molar-refractivity contribution is -0.123. The van der Waals surface area contributed by atoms with Crippen LogP contribution >= 0.6 is 0 Å². The number of aromatic nitrogens is 2. The van der Waals surface area contributed by atoms with Gasteiger partial charge in [-0.1, -0.05) is 0 Å². The summed E-state index contributed by atoms with van der Waals surface area (Å²) < 4.78 is 35.6. The fourth-order valence-corrected chi connectivity index (χ4v) is 1.01. The van der Waals surface area contributed by atoms with E-state index < -0.39 is 18.6 Å². The third-order valence-corrected chi connectivity index (χ3v) is 1.67. The van der Waals surface area contributed by atoms with Crippen LogP contribution in [-0.4, -0.2) is 35.1 Å². The summed E-state index contributed by atoms with van der Waals surface area (Å²) in [6.45, 7) is 0.999. The first-order chi connectivity index (χ1) is 7.92. The van der Waals surface area contributed by atoms with E-state index in [-0.39, 0.29) is 5.69 Å². The molecule has 0 unspecified atom stereocenters. The van der Waals surface area contributed by atoms with Gasteiger partial charge in [0, 0.05) is 6.54 Å². The molecule has 0 aliphatic carbocycles. The van der Waals surface area contributed by atoms with Crippen LogP contribution < -0.4 is 10.6 Å². The second kappa shape index (κ2) is 5.46. The molecule has 0 spiro atoms. The molecule has 1 heterocycles. The molecular formula is C9H11F3N4O. The van der Waals surface area contributed by atoms with E-state index >= 15 is 0 Å². The Morgan fingerprint density at radius 2 is 2.12 bits per heavy atom. The molecule has 0 aliphatic heterocycles. The first-order valence-electron chi connectivity index (χ1n) is 4.83. The third kappa shape index (κ3) is 4.66. The number of nitrogens with one attached hydrogen (secondary N) is 2. The van der Waals surface area contributed by atoms with E-state index in [1.807, 2.05) is 6.92 Å². The number of hydrogen-bond donors (Lipinski definition) is 2. The zero-order valence-corrected chi connectivity index (χ0v) is 9.01. The van der Waals surface area contributed by atoms with Crippen LogP contribution in [0.4, 0.5) is 19.0 Å². The number of nitrogens with zero attached hydrogens (tertiary/aromatic N) is 2. The summed E-state index contributed by atoms with van der Waals surface area (Å²) in [5, 5.41) is 4.51. The van der Waals surface area contributed by atoms with Crippen molar-refractivity contribution in [3.8, 4) is 0 Å². The Hall–Kier alpha value is -1.86. The topological polar surface area (TPSA) is 66.9 Å². The Balaban J connectivity index is 2.65. The fraction of sp³-hybridized carbons (Fsp3) is 0.444. The molecule has 5 nitrogen and oxygen atoms in total. The van der Waals surface area contributed by atoms with E-state index in [1.54, 1.807) is 5.32 Å². The number of hydrogen-bond acceptors (Lipinski definition) is 4. The van der Waals surface area contributed by atoms with Crippen molar-refractivity contribution in [2.75, 3.05) is 18.4 Å². The minimum atomic E-state index is -4.44. The van der Waals surface area contributed by atoms with Gasteiger partial charge in [0.05, 0.1) is 12.4 Å². The SMILES string of the molecule is CCNc1cncc(C(=O)NCC(F)(F)F)n1. The molecule has 94 valence electrons. The van der Waals surface area contributed by atoms with Crippen molar-refractivity contribution in [2.24, 2.45) is 0 Å². The highest BCUT2D eigenvalue weighted by atomic mass is 19.4. The summed E-state index contributed by atoms with van der Waals surface area (Å²) in [6, 6.07) is 0. The first-order valence-corrected chi connectivity index (χ1v) is 4.83. The zero-order valence-electron chi connectivity index (χ0n) is 9.01. The standard InChI is InChI=1S/C9H11F3N4O/c1-2-14-7-4-13-3-6(16-7)8(17)15-5-9(10,11)12/h3-4H,2,5H2,1H3,(H,14,16)(H,15,17). The molecular weight excluding hydrogens is 237 g/mol. The molecule has 0 bridgehead atoms. The van der Waals surface area contributed by atoms with Crippen molar-refractivity contribution in [1.29, 1.82) is 0 Å². The predicted octanol–water partition coefficient (Wildman–Crippen LogP) is 1.20. The van der Waals surface area contributed by atoms with Crippen LogP contribution in [0.2, 0.25) is 0 Å². The zero-order chi connectivity index (χ0) is 12.9. The van der Waals surface area contributed by atoms with Gasteiger partial charge in [-0.25, -0.2) is 4.98 Å². The van der Waals surface area contributed by atoms with Gasteiger partial charge in [-0.2, -0.15) is 13.2 Å². The van der Waals surface area contributed by atoms with Gasteiger partial charge in [-0.05, 0) is 6.92 Å². The lowest BCUT2D eigenvalue weighted by atomic mass is 10.4. The van der Waals surface area contributed by atoms with Gasteiger partial charge in [0.15, 0.2) is 0 Å². The molecule has 1 rings (SSSR count). The number of carbonyl (C=O) groups is 1. The lowest BCUT2D eigenvalue weighted by Gasteiger charge is -2.08. The normalized spacial score (nSPS) is 11.1. The summed E-state index contributed by atoms with van der Waals surface area (Å²) in [6.07, 6.45) is -1.96. The van der Waals surface area contributed by atoms with Crippen molar-refractivity contribution in [3.63, 3.8) is 0 Å². The van der Waals surface area contributed by atoms with Crippen molar-refractivity contribution in [2.45, 2.75) is 13.1 Å². The molecule has 1 aromatic rings. The number of halogens is 3. The predicted molar refractivity (Wildman–Crippen MR) is 54.6 cm³/mol. The van der Waals surface area contributed by atoms with Gasteiger partial charge in [0.1, 0.15) is 18.1 Å². The van der Waals surface area contributed by atoms with Crippen LogP contribution in [0.1, 0.15) is 17.4 Å². The monoisotopic (exact) mass is 248 g/mol. The third-order valence-electron chi connectivity index (χ3n) is 1.67. The Morgan fingerprint density at radius 3 is 2.71 bits per heavy atom. The molecule has 0 aromatic carbocycles. The van der Waals surface area contributed by atoms with E-state index in [0.717, 1.165) is 6.20 Å². The summed E-state index contributed by atoms with van der Waals surface area (Å²) in [5.74, 6) is -0.568. The molecule has 17 heavy (non-hydrogen) atoms. The lowest BCUT2D eigenvalue weighted by Crippen LogP contribution is -2.34. The van der Waals surface area contributed by atoms with Crippen LogP contribution in [0.3, 0.4) is 0 Å². The maximum absolute atomic E-state index is 11.9. The number of anilines is 1. The van der Waals surface area contributed by atoms with Gasteiger partial charge in [-0.3, -0.25) is 9.78 Å². The van der Waals surface area contributed by atoms with Crippen molar-refractivity contribution < 1.29 is 18.0 Å². The minimum Gasteiger partial charge on any atom is -0.369 e. The van der Waals surface area contributed by atoms with E-state index in [2.05, 4.69) is 15.3 Å². The average molecular weight is 248 g/mol. The Morgan fingerprint density at radius 1 is 1.41 bits per heavy atom. The van der Waals surface area contributed by atoms with E-state index in [9.17, 15) is 18.0 Å². The maximum Gasteiger partial charge on any atom is 0.405 e. The number of rotatable bonds is 4. The molecule has 8 heteroatoms. The molecule has 0 atom stereocenters. The van der Waals surface area contributed by atoms with Gasteiger partial charge in [0.2, 0.25) is 0 Å². The van der Waals surface area contributed by atoms with Crippen LogP contribution in [0.25, 0.3) is 0 Å². The van der Waals surface area contributed by atoms with Crippen LogP contribution in [0, 0.1) is 0 Å². The molecule has 1 amide bonds. The second-order valence-electron chi connectivity index (χ2n) is 3.12. The Labute approximate surface area is 95.5 Å². The highest BCUT2D eigenvalue weighted by Crippen LogP contribution is 2.12. The van der Waals surface area contributed by atoms with Crippen molar-refractivity contribution in [3.05, 3.63) is 18.1 Å². The molecule has 0 saturated carbocycles. The maximum atomic E-state index is 11.9. The largest absolute Gasteiger partial charge is 0.405 e. The van der Waals surface area contributed by atoms with E-state index in [0.29, 0.717) is 12.4 Å². The summed E-state index contributed by atoms with van der Waals surface area (Å²) >= 11 is 0. The molecule has 2 N–H and O–H groups in total. The summed E-state index contributed by atoms with van der Waals surface area (Å²) in [7, 11) is 0. The summed E-state index contributed by atoms with van der Waals surface area (Å²) in [4.78, 5) is 18.8. The highest BCUT2D eigenvalue weighted by molar-refractivity contribution is 5.92. The average Bonchev–Trinajstić information content (AvgIpc) is 2.26. The first kappa shape index (κ1) is 13.2. The second-order valence-corrected chi connectivity index (χ2v) is 3.12. The van der Waals surface area contributed by atoms with Gasteiger partial charge in [0.25, 0.3) is 5.91 Å². The highest BCUT2D eigenvalue weighted by Gasteiger charge is 2.28. The fourth-order valence-electron chi connectivity index (χ4n) is 1.01. The molecule has 0 radical (unpaired) electrons. The number of amides is 1. The quantitative estimate of drug-likeness (QED) is 0.840. The number of alkyl halides is 3. The molecule has 0 aliphatic rings. The molecule has 0 fully saturated rings. The van der Waals surface area contributed by atoms with Gasteiger partial charge >= 0.3 is 6.18 Å². The van der Waals surface area contributed by atoms with E-state index in [4.69, 9.17) is 0 Å². The number of carbonyl (C=O) groups excluding carboxylic acids is 1. The molecule has 1 aromatic heterocycles. The smallest absolute Gasteiger partial charge is 0.369 e. The van der Waals surface area contributed by atoms with Crippen LogP contribution in [0.15, 0.2) is 12.4 Å². The van der Waals surface area contributed by atoms with Crippen molar-refractivity contribution in [1.82, 2.24) is 15.3 Å². The van der Waals surface area contributed by atoms with Crippen LogP contribution in [-0.2, 0) is 0 Å².